The summed E-state index contributed by atoms with van der Waals surface area (Å²) >= 11 is 0. The van der Waals surface area contributed by atoms with Crippen LogP contribution in [0, 0.1) is 5.82 Å². The number of aliphatic carboxylic acids is 1. The number of anilines is 1. The Hall–Kier alpha value is -4.01. The number of carboxylic acids is 1. The van der Waals surface area contributed by atoms with Crippen LogP contribution in [0.15, 0.2) is 66.7 Å². The van der Waals surface area contributed by atoms with Crippen molar-refractivity contribution < 1.29 is 27.5 Å². The fourth-order valence-electron chi connectivity index (χ4n) is 3.34. The number of rotatable bonds is 6. The molecule has 0 aliphatic carbocycles. The third-order valence-corrected chi connectivity index (χ3v) is 4.96. The first-order valence-corrected chi connectivity index (χ1v) is 9.92. The third kappa shape index (κ3) is 5.08. The van der Waals surface area contributed by atoms with Crippen molar-refractivity contribution in [1.82, 2.24) is 9.97 Å². The van der Waals surface area contributed by atoms with Gasteiger partial charge in [0.1, 0.15) is 11.6 Å². The van der Waals surface area contributed by atoms with Crippen LogP contribution >= 0.6 is 0 Å². The highest BCUT2D eigenvalue weighted by atomic mass is 19.4. The number of nitrogens with zero attached hydrogens (tertiary/aromatic N) is 2. The molecule has 168 valence electrons. The molecule has 0 aliphatic rings. The van der Waals surface area contributed by atoms with E-state index in [0.717, 1.165) is 12.1 Å². The van der Waals surface area contributed by atoms with E-state index >= 15 is 0 Å². The molecule has 2 N–H and O–H groups in total. The highest BCUT2D eigenvalue weighted by molar-refractivity contribution is 5.91. The first kappa shape index (κ1) is 22.2. The van der Waals surface area contributed by atoms with E-state index in [2.05, 4.69) is 15.3 Å². The van der Waals surface area contributed by atoms with E-state index in [0.29, 0.717) is 33.4 Å². The third-order valence-electron chi connectivity index (χ3n) is 4.96. The second-order valence-corrected chi connectivity index (χ2v) is 7.28. The summed E-state index contributed by atoms with van der Waals surface area (Å²) in [5.74, 6) is -0.872. The molecule has 9 heteroatoms. The number of aromatic nitrogens is 2. The number of hydrogen-bond acceptors (Lipinski definition) is 4. The van der Waals surface area contributed by atoms with Gasteiger partial charge in [-0.1, -0.05) is 36.4 Å². The Bertz CT molecular complexity index is 1320. The highest BCUT2D eigenvalue weighted by Gasteiger charge is 2.30. The number of fused-ring (bicyclic) bond motifs is 1. The average molecular weight is 455 g/mol. The van der Waals surface area contributed by atoms with Gasteiger partial charge in [-0.05, 0) is 41.5 Å². The molecule has 4 aromatic rings. The van der Waals surface area contributed by atoms with Gasteiger partial charge < -0.3 is 10.4 Å². The molecular weight excluding hydrogens is 438 g/mol. The van der Waals surface area contributed by atoms with Crippen LogP contribution in [0.5, 0.6) is 0 Å². The van der Waals surface area contributed by atoms with Gasteiger partial charge in [0.15, 0.2) is 5.82 Å². The van der Waals surface area contributed by atoms with Gasteiger partial charge in [-0.2, -0.15) is 13.2 Å². The van der Waals surface area contributed by atoms with Crippen LogP contribution in [0.4, 0.5) is 23.4 Å². The highest BCUT2D eigenvalue weighted by Crippen LogP contribution is 2.33. The minimum atomic E-state index is -4.43. The topological polar surface area (TPSA) is 75.1 Å². The fraction of sp³-hybridized carbons (Fsp3) is 0.125. The van der Waals surface area contributed by atoms with Crippen molar-refractivity contribution in [3.8, 4) is 22.5 Å². The zero-order chi connectivity index (χ0) is 23.6. The molecule has 3 aromatic carbocycles. The molecule has 4 rings (SSSR count). The van der Waals surface area contributed by atoms with E-state index < -0.39 is 23.5 Å². The monoisotopic (exact) mass is 455 g/mol. The molecule has 0 bridgehead atoms. The van der Waals surface area contributed by atoms with Gasteiger partial charge in [0.25, 0.3) is 0 Å². The van der Waals surface area contributed by atoms with Crippen molar-refractivity contribution in [2.24, 2.45) is 0 Å². The van der Waals surface area contributed by atoms with Crippen molar-refractivity contribution in [2.75, 3.05) is 11.9 Å². The van der Waals surface area contributed by atoms with Crippen molar-refractivity contribution >= 4 is 22.7 Å². The van der Waals surface area contributed by atoms with Crippen LogP contribution < -0.4 is 5.32 Å². The fourth-order valence-corrected chi connectivity index (χ4v) is 3.34. The van der Waals surface area contributed by atoms with Crippen LogP contribution in [-0.4, -0.2) is 27.6 Å². The van der Waals surface area contributed by atoms with Crippen LogP contribution in [-0.2, 0) is 11.0 Å². The molecule has 1 aromatic heterocycles. The van der Waals surface area contributed by atoms with Crippen molar-refractivity contribution in [3.63, 3.8) is 0 Å². The van der Waals surface area contributed by atoms with Gasteiger partial charge in [0.2, 0.25) is 0 Å². The van der Waals surface area contributed by atoms with Gasteiger partial charge >= 0.3 is 12.1 Å². The lowest BCUT2D eigenvalue weighted by Gasteiger charge is -2.11. The van der Waals surface area contributed by atoms with Crippen molar-refractivity contribution in [3.05, 3.63) is 78.1 Å². The van der Waals surface area contributed by atoms with E-state index in [4.69, 9.17) is 5.11 Å². The number of hydrogen-bond donors (Lipinski definition) is 2. The zero-order valence-corrected chi connectivity index (χ0v) is 17.0. The minimum absolute atomic E-state index is 0.0892. The van der Waals surface area contributed by atoms with Gasteiger partial charge in [0.05, 0.1) is 17.5 Å². The molecule has 0 spiro atoms. The molecule has 0 atom stereocenters. The predicted octanol–water partition coefficient (Wildman–Crippen LogP) is 6.01. The smallest absolute Gasteiger partial charge is 0.416 e. The van der Waals surface area contributed by atoms with Gasteiger partial charge in [-0.25, -0.2) is 14.4 Å². The Balaban J connectivity index is 1.69. The number of alkyl halides is 3. The Kier molecular flexibility index (Phi) is 5.95. The van der Waals surface area contributed by atoms with Crippen molar-refractivity contribution in [2.45, 2.75) is 12.6 Å². The molecule has 0 unspecified atom stereocenters. The lowest BCUT2D eigenvalue weighted by molar-refractivity contribution is -0.138. The van der Waals surface area contributed by atoms with Gasteiger partial charge in [0, 0.05) is 17.5 Å². The summed E-state index contributed by atoms with van der Waals surface area (Å²) in [6.07, 6.45) is -4.58. The average Bonchev–Trinajstić information content (AvgIpc) is 2.78. The summed E-state index contributed by atoms with van der Waals surface area (Å²) in [6, 6.07) is 15.8. The second-order valence-electron chi connectivity index (χ2n) is 7.28. The number of benzene rings is 3. The molecule has 0 fully saturated rings. The summed E-state index contributed by atoms with van der Waals surface area (Å²) in [7, 11) is 0. The molecule has 0 radical (unpaired) electrons. The number of carbonyl (C=O) groups is 1. The summed E-state index contributed by atoms with van der Waals surface area (Å²) in [4.78, 5) is 19.7. The number of nitrogens with one attached hydrogen (secondary N) is 1. The Morgan fingerprint density at radius 2 is 1.64 bits per heavy atom. The Morgan fingerprint density at radius 1 is 0.909 bits per heavy atom. The van der Waals surface area contributed by atoms with E-state index in [1.165, 1.54) is 24.3 Å². The van der Waals surface area contributed by atoms with E-state index in [9.17, 15) is 22.4 Å². The number of halogens is 4. The SMILES string of the molecule is O=C(O)CCNc1nc(-c2ccc(-c3cccc(C(F)(F)F)c3)cc2)nc2ccc(F)cc12. The molecule has 0 amide bonds. The molecule has 0 saturated heterocycles. The summed E-state index contributed by atoms with van der Waals surface area (Å²) < 4.78 is 52.8. The normalized spacial score (nSPS) is 11.5. The van der Waals surface area contributed by atoms with E-state index in [1.54, 1.807) is 30.3 Å². The second kappa shape index (κ2) is 8.85. The maximum atomic E-state index is 13.8. The zero-order valence-electron chi connectivity index (χ0n) is 17.0. The Morgan fingerprint density at radius 3 is 2.33 bits per heavy atom. The summed E-state index contributed by atoms with van der Waals surface area (Å²) in [6.45, 7) is 0.0892. The minimum Gasteiger partial charge on any atom is -0.481 e. The molecule has 33 heavy (non-hydrogen) atoms. The van der Waals surface area contributed by atoms with Crippen LogP contribution in [0.25, 0.3) is 33.4 Å². The maximum Gasteiger partial charge on any atom is 0.416 e. The Labute approximate surface area is 185 Å². The molecule has 5 nitrogen and oxygen atoms in total. The standard InChI is InChI=1S/C24H17F4N3O2/c25-18-8-9-20-19(13-18)23(29-11-10-21(32)33)31-22(30-20)15-6-4-14(5-7-15)16-2-1-3-17(12-16)24(26,27)28/h1-9,12-13H,10-11H2,(H,32,33)(H,29,30,31). The lowest BCUT2D eigenvalue weighted by atomic mass is 10.0. The largest absolute Gasteiger partial charge is 0.481 e. The molecule has 0 aliphatic heterocycles. The van der Waals surface area contributed by atoms with Crippen LogP contribution in [0.2, 0.25) is 0 Å². The first-order valence-electron chi connectivity index (χ1n) is 9.92. The number of carboxylic acid groups (broad SMARTS) is 1. The quantitative estimate of drug-likeness (QED) is 0.349. The lowest BCUT2D eigenvalue weighted by Crippen LogP contribution is -2.10. The van der Waals surface area contributed by atoms with Gasteiger partial charge in [-0.15, -0.1) is 0 Å². The molecular formula is C24H17F4N3O2. The maximum absolute atomic E-state index is 13.8. The first-order chi connectivity index (χ1) is 15.7. The van der Waals surface area contributed by atoms with Crippen molar-refractivity contribution in [1.29, 1.82) is 0 Å². The van der Waals surface area contributed by atoms with E-state index in [1.807, 2.05) is 0 Å². The molecule has 0 saturated carbocycles. The summed E-state index contributed by atoms with van der Waals surface area (Å²) in [5, 5.41) is 12.2. The van der Waals surface area contributed by atoms with Gasteiger partial charge in [-0.3, -0.25) is 4.79 Å². The van der Waals surface area contributed by atoms with E-state index in [-0.39, 0.29) is 18.8 Å². The summed E-state index contributed by atoms with van der Waals surface area (Å²) in [5.41, 5.74) is 1.33. The molecule has 1 heterocycles. The van der Waals surface area contributed by atoms with Crippen LogP contribution in [0.3, 0.4) is 0 Å². The predicted molar refractivity (Wildman–Crippen MR) is 116 cm³/mol. The van der Waals surface area contributed by atoms with Crippen LogP contribution in [0.1, 0.15) is 12.0 Å².